The molecule has 0 aromatic rings. The van der Waals surface area contributed by atoms with Crippen LogP contribution in [0.3, 0.4) is 0 Å². The average molecular weight is 171 g/mol. The topological polar surface area (TPSA) is 32.3 Å². The molecule has 1 aliphatic carbocycles. The molecule has 1 aliphatic rings. The van der Waals surface area contributed by atoms with Gasteiger partial charge in [0.05, 0.1) is 6.61 Å². The van der Waals surface area contributed by atoms with E-state index in [1.807, 2.05) is 0 Å². The number of hydrogen-bond donors (Lipinski definition) is 2. The fraction of sp³-hybridized carbons (Fsp3) is 1.00. The summed E-state index contributed by atoms with van der Waals surface area (Å²) in [6.07, 6.45) is 4.86. The van der Waals surface area contributed by atoms with Gasteiger partial charge >= 0.3 is 0 Å². The Bertz CT molecular complexity index is 134. The lowest BCUT2D eigenvalue weighted by Crippen LogP contribution is -2.51. The first-order valence-electron chi connectivity index (χ1n) is 5.08. The van der Waals surface area contributed by atoms with Crippen molar-refractivity contribution >= 4 is 0 Å². The van der Waals surface area contributed by atoms with Crippen LogP contribution in [0.5, 0.6) is 0 Å². The molecule has 0 aromatic carbocycles. The van der Waals surface area contributed by atoms with Gasteiger partial charge in [0.2, 0.25) is 0 Å². The second kappa shape index (κ2) is 4.24. The lowest BCUT2D eigenvalue weighted by atomic mass is 9.77. The maximum atomic E-state index is 9.33. The van der Waals surface area contributed by atoms with Crippen LogP contribution in [-0.4, -0.2) is 23.8 Å². The van der Waals surface area contributed by atoms with Crippen LogP contribution in [0.15, 0.2) is 0 Å². The van der Waals surface area contributed by atoms with Crippen LogP contribution in [0.25, 0.3) is 0 Å². The molecule has 2 unspecified atom stereocenters. The third-order valence-corrected chi connectivity index (χ3v) is 2.95. The molecule has 2 atom stereocenters. The first-order chi connectivity index (χ1) is 5.72. The molecule has 72 valence electrons. The summed E-state index contributed by atoms with van der Waals surface area (Å²) < 4.78 is 0. The van der Waals surface area contributed by atoms with Gasteiger partial charge in [-0.25, -0.2) is 0 Å². The van der Waals surface area contributed by atoms with E-state index in [1.165, 1.54) is 12.8 Å². The minimum absolute atomic E-state index is 0.0480. The van der Waals surface area contributed by atoms with Crippen LogP contribution < -0.4 is 5.32 Å². The molecule has 1 fully saturated rings. The van der Waals surface area contributed by atoms with Gasteiger partial charge in [0.25, 0.3) is 0 Å². The van der Waals surface area contributed by atoms with Gasteiger partial charge in [0.1, 0.15) is 0 Å². The van der Waals surface area contributed by atoms with Gasteiger partial charge in [-0.3, -0.25) is 0 Å². The van der Waals surface area contributed by atoms with Crippen molar-refractivity contribution in [2.24, 2.45) is 5.92 Å². The van der Waals surface area contributed by atoms with Crippen molar-refractivity contribution in [2.75, 3.05) is 13.2 Å². The van der Waals surface area contributed by atoms with E-state index < -0.39 is 0 Å². The van der Waals surface area contributed by atoms with Crippen molar-refractivity contribution in [1.29, 1.82) is 0 Å². The van der Waals surface area contributed by atoms with Crippen molar-refractivity contribution in [2.45, 2.75) is 45.1 Å². The number of likely N-dealkylation sites (N-methyl/N-ethyl adjacent to an activating group) is 1. The summed E-state index contributed by atoms with van der Waals surface area (Å²) in [6.45, 7) is 5.65. The Morgan fingerprint density at radius 2 is 2.33 bits per heavy atom. The second-order valence-corrected chi connectivity index (χ2v) is 4.17. The van der Waals surface area contributed by atoms with E-state index in [0.717, 1.165) is 25.3 Å². The molecule has 0 aliphatic heterocycles. The molecule has 2 nitrogen and oxygen atoms in total. The van der Waals surface area contributed by atoms with Crippen LogP contribution >= 0.6 is 0 Å². The highest BCUT2D eigenvalue weighted by Gasteiger charge is 2.32. The summed E-state index contributed by atoms with van der Waals surface area (Å²) >= 11 is 0. The number of aliphatic hydroxyl groups excluding tert-OH is 1. The summed E-state index contributed by atoms with van der Waals surface area (Å²) in [5, 5.41) is 12.8. The summed E-state index contributed by atoms with van der Waals surface area (Å²) in [5.74, 6) is 0.768. The Labute approximate surface area is 75.4 Å². The lowest BCUT2D eigenvalue weighted by molar-refractivity contribution is 0.102. The van der Waals surface area contributed by atoms with Gasteiger partial charge < -0.3 is 10.4 Å². The Hall–Kier alpha value is -0.0800. The van der Waals surface area contributed by atoms with Crippen molar-refractivity contribution in [3.05, 3.63) is 0 Å². The maximum Gasteiger partial charge on any atom is 0.0613 e. The van der Waals surface area contributed by atoms with Gasteiger partial charge in [0.15, 0.2) is 0 Å². The molecule has 0 saturated heterocycles. The molecule has 0 heterocycles. The number of nitrogens with one attached hydrogen (secondary N) is 1. The van der Waals surface area contributed by atoms with Crippen LogP contribution in [0, 0.1) is 5.92 Å². The largest absolute Gasteiger partial charge is 0.394 e. The molecular weight excluding hydrogens is 150 g/mol. The Balaban J connectivity index is 2.51. The molecule has 1 rings (SSSR count). The summed E-state index contributed by atoms with van der Waals surface area (Å²) in [4.78, 5) is 0. The third-order valence-electron chi connectivity index (χ3n) is 2.95. The first kappa shape index (κ1) is 10.0. The van der Waals surface area contributed by atoms with Crippen LogP contribution in [0.4, 0.5) is 0 Å². The van der Waals surface area contributed by atoms with E-state index >= 15 is 0 Å². The molecule has 0 amide bonds. The van der Waals surface area contributed by atoms with Crippen molar-refractivity contribution in [1.82, 2.24) is 5.32 Å². The first-order valence-corrected chi connectivity index (χ1v) is 5.08. The van der Waals surface area contributed by atoms with Gasteiger partial charge in [0, 0.05) is 5.54 Å². The Morgan fingerprint density at radius 3 is 2.83 bits per heavy atom. The number of aliphatic hydroxyl groups is 1. The number of rotatable bonds is 3. The molecular formula is C10H21NO. The second-order valence-electron chi connectivity index (χ2n) is 4.17. The van der Waals surface area contributed by atoms with Gasteiger partial charge in [-0.2, -0.15) is 0 Å². The quantitative estimate of drug-likeness (QED) is 0.675. The predicted molar refractivity (Wildman–Crippen MR) is 51.1 cm³/mol. The van der Waals surface area contributed by atoms with E-state index in [4.69, 9.17) is 0 Å². The van der Waals surface area contributed by atoms with Crippen molar-refractivity contribution < 1.29 is 5.11 Å². The Kier molecular flexibility index (Phi) is 3.53. The molecule has 0 radical (unpaired) electrons. The lowest BCUT2D eigenvalue weighted by Gasteiger charge is -2.39. The van der Waals surface area contributed by atoms with E-state index in [9.17, 15) is 5.11 Å². The van der Waals surface area contributed by atoms with Crippen molar-refractivity contribution in [3.8, 4) is 0 Å². The summed E-state index contributed by atoms with van der Waals surface area (Å²) in [5.41, 5.74) is 0.0480. The van der Waals surface area contributed by atoms with Gasteiger partial charge in [-0.1, -0.05) is 26.7 Å². The SMILES string of the molecule is CCNC1(CO)CCCC(C)C1. The van der Waals surface area contributed by atoms with Gasteiger partial charge in [-0.15, -0.1) is 0 Å². The van der Waals surface area contributed by atoms with Crippen LogP contribution in [0.2, 0.25) is 0 Å². The zero-order valence-electron chi connectivity index (χ0n) is 8.27. The Morgan fingerprint density at radius 1 is 1.58 bits per heavy atom. The highest BCUT2D eigenvalue weighted by atomic mass is 16.3. The third kappa shape index (κ3) is 2.20. The van der Waals surface area contributed by atoms with E-state index in [1.54, 1.807) is 0 Å². The molecule has 1 saturated carbocycles. The normalized spacial score (nSPS) is 36.8. The zero-order chi connectivity index (χ0) is 9.03. The molecule has 0 bridgehead atoms. The van der Waals surface area contributed by atoms with E-state index in [2.05, 4.69) is 19.2 Å². The molecule has 12 heavy (non-hydrogen) atoms. The predicted octanol–water partition coefficient (Wildman–Crippen LogP) is 1.54. The molecule has 2 heteroatoms. The fourth-order valence-corrected chi connectivity index (χ4v) is 2.40. The summed E-state index contributed by atoms with van der Waals surface area (Å²) in [6, 6.07) is 0. The van der Waals surface area contributed by atoms with E-state index in [-0.39, 0.29) is 5.54 Å². The van der Waals surface area contributed by atoms with Crippen LogP contribution in [-0.2, 0) is 0 Å². The summed E-state index contributed by atoms with van der Waals surface area (Å²) in [7, 11) is 0. The molecule has 2 N–H and O–H groups in total. The van der Waals surface area contributed by atoms with Crippen LogP contribution in [0.1, 0.15) is 39.5 Å². The minimum Gasteiger partial charge on any atom is -0.394 e. The van der Waals surface area contributed by atoms with Crippen molar-refractivity contribution in [3.63, 3.8) is 0 Å². The number of hydrogen-bond acceptors (Lipinski definition) is 2. The highest BCUT2D eigenvalue weighted by Crippen LogP contribution is 2.31. The molecule has 0 spiro atoms. The zero-order valence-corrected chi connectivity index (χ0v) is 8.27. The standard InChI is InChI=1S/C10H21NO/c1-3-11-10(8-12)6-4-5-9(2)7-10/h9,11-12H,3-8H2,1-2H3. The highest BCUT2D eigenvalue weighted by molar-refractivity contribution is 4.91. The average Bonchev–Trinajstić information content (AvgIpc) is 2.05. The smallest absolute Gasteiger partial charge is 0.0613 e. The maximum absolute atomic E-state index is 9.33. The molecule has 0 aromatic heterocycles. The minimum atomic E-state index is 0.0480. The fourth-order valence-electron chi connectivity index (χ4n) is 2.40. The van der Waals surface area contributed by atoms with E-state index in [0.29, 0.717) is 6.61 Å². The monoisotopic (exact) mass is 171 g/mol. The van der Waals surface area contributed by atoms with Gasteiger partial charge in [-0.05, 0) is 25.3 Å².